The molecule has 0 aromatic heterocycles. The number of rotatable bonds is 2. The van der Waals surface area contributed by atoms with Crippen molar-refractivity contribution in [1.82, 2.24) is 0 Å². The summed E-state index contributed by atoms with van der Waals surface area (Å²) in [5.41, 5.74) is 1.87. The van der Waals surface area contributed by atoms with Gasteiger partial charge in [-0.25, -0.2) is 0 Å². The van der Waals surface area contributed by atoms with Gasteiger partial charge >= 0.3 is 7.12 Å². The van der Waals surface area contributed by atoms with Crippen molar-refractivity contribution < 1.29 is 14.0 Å². The van der Waals surface area contributed by atoms with Crippen molar-refractivity contribution in [2.75, 3.05) is 13.2 Å². The molecule has 2 heterocycles. The third-order valence-electron chi connectivity index (χ3n) is 4.57. The lowest BCUT2D eigenvalue weighted by atomic mass is 9.78. The maximum Gasteiger partial charge on any atom is 0.494 e. The van der Waals surface area contributed by atoms with E-state index in [0.29, 0.717) is 5.92 Å². The first-order valence-electron chi connectivity index (χ1n) is 6.92. The Hall–Kier alpha value is -0.835. The average molecular weight is 260 g/mol. The van der Waals surface area contributed by atoms with Crippen LogP contribution in [0.3, 0.4) is 0 Å². The Labute approximate surface area is 115 Å². The van der Waals surface area contributed by atoms with E-state index < -0.39 is 0 Å². The van der Waals surface area contributed by atoms with Crippen molar-refractivity contribution in [3.63, 3.8) is 0 Å². The van der Waals surface area contributed by atoms with Crippen LogP contribution in [0.25, 0.3) is 0 Å². The molecule has 0 aliphatic carbocycles. The minimum atomic E-state index is -0.280. The second-order valence-corrected chi connectivity index (χ2v) is 6.49. The molecule has 3 rings (SSSR count). The van der Waals surface area contributed by atoms with Crippen LogP contribution in [-0.4, -0.2) is 31.5 Å². The molecular formula is C15H21BO3. The lowest BCUT2D eigenvalue weighted by molar-refractivity contribution is 0.00578. The van der Waals surface area contributed by atoms with Crippen molar-refractivity contribution in [3.05, 3.63) is 29.8 Å². The van der Waals surface area contributed by atoms with Crippen LogP contribution in [-0.2, 0) is 14.0 Å². The third kappa shape index (κ3) is 2.22. The van der Waals surface area contributed by atoms with Crippen molar-refractivity contribution in [2.24, 2.45) is 0 Å². The third-order valence-corrected chi connectivity index (χ3v) is 4.57. The maximum absolute atomic E-state index is 6.04. The summed E-state index contributed by atoms with van der Waals surface area (Å²) in [7, 11) is -0.267. The lowest BCUT2D eigenvalue weighted by Gasteiger charge is -2.32. The number of hydrogen-bond donors (Lipinski definition) is 0. The molecule has 1 aromatic carbocycles. The van der Waals surface area contributed by atoms with Crippen LogP contribution in [0.5, 0.6) is 0 Å². The van der Waals surface area contributed by atoms with Crippen molar-refractivity contribution in [3.8, 4) is 0 Å². The van der Waals surface area contributed by atoms with Gasteiger partial charge in [0.25, 0.3) is 0 Å². The zero-order valence-corrected chi connectivity index (χ0v) is 12.1. The Balaban J connectivity index is 1.76. The molecule has 0 spiro atoms. The smallest absolute Gasteiger partial charge is 0.399 e. The molecule has 0 saturated carbocycles. The van der Waals surface area contributed by atoms with Gasteiger partial charge in [0.2, 0.25) is 0 Å². The topological polar surface area (TPSA) is 27.7 Å². The van der Waals surface area contributed by atoms with Crippen LogP contribution in [0.2, 0.25) is 0 Å². The fourth-order valence-corrected chi connectivity index (χ4v) is 2.33. The summed E-state index contributed by atoms with van der Waals surface area (Å²) in [6.45, 7) is 9.99. The Morgan fingerprint density at radius 3 is 1.89 bits per heavy atom. The highest BCUT2D eigenvalue weighted by molar-refractivity contribution is 6.62. The summed E-state index contributed by atoms with van der Waals surface area (Å²) in [6, 6.07) is 8.53. The highest BCUT2D eigenvalue weighted by Crippen LogP contribution is 2.36. The predicted octanol–water partition coefficient (Wildman–Crippen LogP) is 2.10. The van der Waals surface area contributed by atoms with Crippen LogP contribution in [0, 0.1) is 0 Å². The quantitative estimate of drug-likeness (QED) is 0.762. The van der Waals surface area contributed by atoms with Crippen LogP contribution in [0.1, 0.15) is 39.2 Å². The zero-order chi connectivity index (χ0) is 13.7. The van der Waals surface area contributed by atoms with Gasteiger partial charge in [-0.15, -0.1) is 0 Å². The largest absolute Gasteiger partial charge is 0.494 e. The van der Waals surface area contributed by atoms with Crippen LogP contribution >= 0.6 is 0 Å². The summed E-state index contributed by atoms with van der Waals surface area (Å²) in [6.07, 6.45) is 0. The lowest BCUT2D eigenvalue weighted by Crippen LogP contribution is -2.41. The first-order chi connectivity index (χ1) is 8.89. The molecule has 19 heavy (non-hydrogen) atoms. The number of hydrogen-bond acceptors (Lipinski definition) is 3. The molecule has 0 N–H and O–H groups in total. The monoisotopic (exact) mass is 260 g/mol. The Morgan fingerprint density at radius 1 is 0.947 bits per heavy atom. The summed E-state index contributed by atoms with van der Waals surface area (Å²) < 4.78 is 17.3. The zero-order valence-electron chi connectivity index (χ0n) is 12.1. The Kier molecular flexibility index (Phi) is 3.00. The van der Waals surface area contributed by atoms with Gasteiger partial charge in [0.15, 0.2) is 0 Å². The number of benzene rings is 1. The van der Waals surface area contributed by atoms with E-state index in [2.05, 4.69) is 52.0 Å². The van der Waals surface area contributed by atoms with E-state index in [1.54, 1.807) is 0 Å². The molecule has 0 unspecified atom stereocenters. The van der Waals surface area contributed by atoms with Gasteiger partial charge in [0.1, 0.15) is 0 Å². The fourth-order valence-electron chi connectivity index (χ4n) is 2.33. The maximum atomic E-state index is 6.04. The second kappa shape index (κ2) is 4.34. The highest BCUT2D eigenvalue weighted by Gasteiger charge is 2.51. The molecule has 4 heteroatoms. The van der Waals surface area contributed by atoms with E-state index in [9.17, 15) is 0 Å². The first kappa shape index (κ1) is 13.2. The van der Waals surface area contributed by atoms with E-state index in [1.165, 1.54) is 5.56 Å². The van der Waals surface area contributed by atoms with Gasteiger partial charge in [0.05, 0.1) is 24.4 Å². The Morgan fingerprint density at radius 2 is 1.47 bits per heavy atom. The van der Waals surface area contributed by atoms with Gasteiger partial charge in [-0.3, -0.25) is 0 Å². The average Bonchev–Trinajstić information content (AvgIpc) is 2.47. The van der Waals surface area contributed by atoms with Crippen molar-refractivity contribution >= 4 is 12.6 Å². The van der Waals surface area contributed by atoms with Gasteiger partial charge in [0, 0.05) is 5.92 Å². The molecule has 2 aliphatic heterocycles. The van der Waals surface area contributed by atoms with Gasteiger partial charge < -0.3 is 14.0 Å². The van der Waals surface area contributed by atoms with Crippen molar-refractivity contribution in [2.45, 2.75) is 44.8 Å². The predicted molar refractivity (Wildman–Crippen MR) is 75.7 cm³/mol. The number of ether oxygens (including phenoxy) is 1. The van der Waals surface area contributed by atoms with E-state index in [-0.39, 0.29) is 18.3 Å². The second-order valence-electron chi connectivity index (χ2n) is 6.49. The van der Waals surface area contributed by atoms with Crippen LogP contribution in [0.15, 0.2) is 24.3 Å². The first-order valence-corrected chi connectivity index (χ1v) is 6.92. The highest BCUT2D eigenvalue weighted by atomic mass is 16.7. The summed E-state index contributed by atoms with van der Waals surface area (Å²) in [5, 5.41) is 0. The molecule has 2 aliphatic rings. The van der Waals surface area contributed by atoms with E-state index >= 15 is 0 Å². The molecule has 3 nitrogen and oxygen atoms in total. The fraction of sp³-hybridized carbons (Fsp3) is 0.600. The summed E-state index contributed by atoms with van der Waals surface area (Å²) >= 11 is 0. The van der Waals surface area contributed by atoms with E-state index in [0.717, 1.165) is 18.7 Å². The van der Waals surface area contributed by atoms with Gasteiger partial charge in [-0.05, 0) is 38.7 Å². The molecule has 1 aromatic rings. The molecule has 2 saturated heterocycles. The van der Waals surface area contributed by atoms with E-state index in [1.807, 2.05) is 0 Å². The molecule has 0 bridgehead atoms. The van der Waals surface area contributed by atoms with Crippen LogP contribution < -0.4 is 5.46 Å². The minimum Gasteiger partial charge on any atom is -0.399 e. The standard InChI is InChI=1S/C15H21BO3/c1-14(2)15(3,4)19-16(18-14)13-7-5-11(6-8-13)12-9-17-10-12/h5-8,12H,9-10H2,1-4H3. The molecule has 102 valence electrons. The minimum absolute atomic E-state index is 0.267. The summed E-state index contributed by atoms with van der Waals surface area (Å²) in [5.74, 6) is 0.562. The summed E-state index contributed by atoms with van der Waals surface area (Å²) in [4.78, 5) is 0. The Bertz CT molecular complexity index is 447. The molecule has 0 atom stereocenters. The SMILES string of the molecule is CC1(C)OB(c2ccc(C3COC3)cc2)OC1(C)C. The van der Waals surface area contributed by atoms with Crippen LogP contribution in [0.4, 0.5) is 0 Å². The normalized spacial score (nSPS) is 25.4. The van der Waals surface area contributed by atoms with Gasteiger partial charge in [-0.1, -0.05) is 24.3 Å². The molecule has 0 radical (unpaired) electrons. The van der Waals surface area contributed by atoms with Gasteiger partial charge in [-0.2, -0.15) is 0 Å². The van der Waals surface area contributed by atoms with E-state index in [4.69, 9.17) is 14.0 Å². The molecular weight excluding hydrogens is 239 g/mol. The van der Waals surface area contributed by atoms with Crippen molar-refractivity contribution in [1.29, 1.82) is 0 Å². The molecule has 0 amide bonds. The molecule has 2 fully saturated rings.